The Labute approximate surface area is 157 Å². The molecule has 1 aliphatic heterocycles. The highest BCUT2D eigenvalue weighted by atomic mass is 35.5. The molecule has 0 spiro atoms. The van der Waals surface area contributed by atoms with Gasteiger partial charge in [0.05, 0.1) is 33.6 Å². The average molecular weight is 376 g/mol. The van der Waals surface area contributed by atoms with Crippen molar-refractivity contribution in [3.63, 3.8) is 0 Å². The maximum Gasteiger partial charge on any atom is 0.311 e. The van der Waals surface area contributed by atoms with Gasteiger partial charge >= 0.3 is 5.97 Å². The zero-order valence-corrected chi connectivity index (χ0v) is 15.8. The number of hydrogen-bond acceptors (Lipinski definition) is 3. The van der Waals surface area contributed by atoms with Crippen molar-refractivity contribution >= 4 is 23.5 Å². The van der Waals surface area contributed by atoms with Crippen LogP contribution < -0.4 is 0 Å². The summed E-state index contributed by atoms with van der Waals surface area (Å²) in [6.07, 6.45) is 2.00. The molecule has 1 N–H and O–H groups in total. The molecule has 0 aliphatic carbocycles. The summed E-state index contributed by atoms with van der Waals surface area (Å²) < 4.78 is 1.70. The van der Waals surface area contributed by atoms with E-state index in [9.17, 15) is 14.7 Å². The van der Waals surface area contributed by atoms with Crippen molar-refractivity contribution in [1.82, 2.24) is 14.7 Å². The van der Waals surface area contributed by atoms with Crippen molar-refractivity contribution in [1.29, 1.82) is 0 Å². The Balaban J connectivity index is 1.98. The average Bonchev–Trinajstić information content (AvgIpc) is 3.19. The van der Waals surface area contributed by atoms with Crippen LogP contribution in [0.2, 0.25) is 5.02 Å². The summed E-state index contributed by atoms with van der Waals surface area (Å²) in [6.45, 7) is 6.30. The van der Waals surface area contributed by atoms with Gasteiger partial charge in [0.25, 0.3) is 5.91 Å². The third kappa shape index (κ3) is 3.09. The normalized spacial score (nSPS) is 20.0. The Hall–Kier alpha value is -2.34. The molecule has 1 aliphatic rings. The van der Waals surface area contributed by atoms with E-state index < -0.39 is 11.4 Å². The Morgan fingerprint density at radius 1 is 1.31 bits per heavy atom. The minimum Gasteiger partial charge on any atom is -0.481 e. The lowest BCUT2D eigenvalue weighted by molar-refractivity contribution is -0.147. The number of carbonyl (C=O) groups is 2. The van der Waals surface area contributed by atoms with Gasteiger partial charge in [-0.3, -0.25) is 9.59 Å². The molecule has 0 radical (unpaired) electrons. The van der Waals surface area contributed by atoms with Crippen LogP contribution in [0.1, 0.15) is 49.2 Å². The molecule has 1 amide bonds. The van der Waals surface area contributed by atoms with Crippen molar-refractivity contribution in [3.8, 4) is 5.69 Å². The highest BCUT2D eigenvalue weighted by Crippen LogP contribution is 2.33. The number of aliphatic carboxylic acids is 1. The Morgan fingerprint density at radius 3 is 2.58 bits per heavy atom. The van der Waals surface area contributed by atoms with Gasteiger partial charge in [-0.15, -0.1) is 0 Å². The number of likely N-dealkylation sites (tertiary alicyclic amines) is 1. The third-order valence-corrected chi connectivity index (χ3v) is 5.26. The van der Waals surface area contributed by atoms with Crippen molar-refractivity contribution in [2.45, 2.75) is 33.1 Å². The standard InChI is InChI=1S/C19H22ClN3O3/c1-12(2)16-13(10-21-23(16)15-7-5-4-6-14(15)20)17(24)22-9-8-19(3,11-22)18(25)26/h4-7,10,12H,8-9,11H2,1-3H3,(H,25,26). The second-order valence-electron chi connectivity index (χ2n) is 7.30. The molecule has 7 heteroatoms. The van der Waals surface area contributed by atoms with E-state index in [-0.39, 0.29) is 18.4 Å². The van der Waals surface area contributed by atoms with E-state index >= 15 is 0 Å². The molecule has 1 atom stereocenters. The van der Waals surface area contributed by atoms with Gasteiger partial charge in [0, 0.05) is 13.1 Å². The van der Waals surface area contributed by atoms with E-state index in [2.05, 4.69) is 5.10 Å². The summed E-state index contributed by atoms with van der Waals surface area (Å²) in [5.41, 5.74) is 1.09. The monoisotopic (exact) mass is 375 g/mol. The number of halogens is 1. The predicted octanol–water partition coefficient (Wildman–Crippen LogP) is 3.59. The van der Waals surface area contributed by atoms with E-state index in [0.717, 1.165) is 5.69 Å². The molecule has 0 saturated carbocycles. The van der Waals surface area contributed by atoms with Crippen molar-refractivity contribution in [2.24, 2.45) is 5.41 Å². The Bertz CT molecular complexity index is 861. The lowest BCUT2D eigenvalue weighted by Crippen LogP contribution is -2.35. The molecule has 2 aromatic rings. The van der Waals surface area contributed by atoms with Gasteiger partial charge in [-0.1, -0.05) is 37.6 Å². The lowest BCUT2D eigenvalue weighted by atomic mass is 9.90. The molecule has 138 valence electrons. The summed E-state index contributed by atoms with van der Waals surface area (Å²) in [5, 5.41) is 14.4. The van der Waals surface area contributed by atoms with Crippen LogP contribution in [-0.2, 0) is 4.79 Å². The van der Waals surface area contributed by atoms with Crippen molar-refractivity contribution in [2.75, 3.05) is 13.1 Å². The summed E-state index contributed by atoms with van der Waals surface area (Å²) >= 11 is 6.30. The van der Waals surface area contributed by atoms with Crippen LogP contribution in [0.25, 0.3) is 5.69 Å². The number of carbonyl (C=O) groups excluding carboxylic acids is 1. The highest BCUT2D eigenvalue weighted by molar-refractivity contribution is 6.32. The minimum absolute atomic E-state index is 0.0428. The molecule has 26 heavy (non-hydrogen) atoms. The van der Waals surface area contributed by atoms with Gasteiger partial charge < -0.3 is 10.0 Å². The van der Waals surface area contributed by atoms with Gasteiger partial charge in [-0.2, -0.15) is 5.10 Å². The fraction of sp³-hybridized carbons (Fsp3) is 0.421. The summed E-state index contributed by atoms with van der Waals surface area (Å²) in [4.78, 5) is 26.1. The minimum atomic E-state index is -0.896. The SMILES string of the molecule is CC(C)c1c(C(=O)N2CCC(C)(C(=O)O)C2)cnn1-c1ccccc1Cl. The maximum absolute atomic E-state index is 13.1. The van der Waals surface area contributed by atoms with Crippen molar-refractivity contribution < 1.29 is 14.7 Å². The smallest absolute Gasteiger partial charge is 0.311 e. The second-order valence-corrected chi connectivity index (χ2v) is 7.71. The molecule has 0 bridgehead atoms. The first-order valence-electron chi connectivity index (χ1n) is 8.60. The van der Waals surface area contributed by atoms with Crippen molar-refractivity contribution in [3.05, 3.63) is 46.7 Å². The Kier molecular flexibility index (Phi) is 4.80. The topological polar surface area (TPSA) is 75.4 Å². The van der Waals surface area contributed by atoms with Gasteiger partial charge in [-0.05, 0) is 31.4 Å². The number of carboxylic acids is 1. The van der Waals surface area contributed by atoms with Crippen LogP contribution in [0, 0.1) is 5.41 Å². The quantitative estimate of drug-likeness (QED) is 0.886. The molecular formula is C19H22ClN3O3. The molecule has 1 fully saturated rings. The number of nitrogens with zero attached hydrogens (tertiary/aromatic N) is 3. The van der Waals surface area contributed by atoms with Gasteiger partial charge in [0.15, 0.2) is 0 Å². The number of para-hydroxylation sites is 1. The van der Waals surface area contributed by atoms with Crippen LogP contribution in [0.4, 0.5) is 0 Å². The van der Waals surface area contributed by atoms with Gasteiger partial charge in [0.2, 0.25) is 0 Å². The predicted molar refractivity (Wildman–Crippen MR) is 98.9 cm³/mol. The van der Waals surface area contributed by atoms with Crippen LogP contribution in [0.5, 0.6) is 0 Å². The summed E-state index contributed by atoms with van der Waals surface area (Å²) in [5.74, 6) is -1.01. The van der Waals surface area contributed by atoms with E-state index in [1.807, 2.05) is 32.0 Å². The Morgan fingerprint density at radius 2 is 2.00 bits per heavy atom. The second kappa shape index (κ2) is 6.76. The highest BCUT2D eigenvalue weighted by Gasteiger charge is 2.43. The summed E-state index contributed by atoms with van der Waals surface area (Å²) in [7, 11) is 0. The largest absolute Gasteiger partial charge is 0.481 e. The molecule has 1 aromatic carbocycles. The first kappa shape index (κ1) is 18.5. The van der Waals surface area contributed by atoms with Crippen LogP contribution >= 0.6 is 11.6 Å². The fourth-order valence-electron chi connectivity index (χ4n) is 3.37. The lowest BCUT2D eigenvalue weighted by Gasteiger charge is -2.21. The summed E-state index contributed by atoms with van der Waals surface area (Å²) in [6, 6.07) is 7.34. The van der Waals surface area contributed by atoms with Gasteiger partial charge in [-0.25, -0.2) is 4.68 Å². The van der Waals surface area contributed by atoms with E-state index in [1.54, 1.807) is 28.8 Å². The van der Waals surface area contributed by atoms with E-state index in [4.69, 9.17) is 11.6 Å². The maximum atomic E-state index is 13.1. The number of carboxylic acid groups (broad SMARTS) is 1. The number of hydrogen-bond donors (Lipinski definition) is 1. The third-order valence-electron chi connectivity index (χ3n) is 4.94. The number of rotatable bonds is 4. The van der Waals surface area contributed by atoms with E-state index in [0.29, 0.717) is 29.2 Å². The van der Waals surface area contributed by atoms with E-state index in [1.165, 1.54) is 0 Å². The van der Waals surface area contributed by atoms with Gasteiger partial charge in [0.1, 0.15) is 0 Å². The molecule has 1 unspecified atom stereocenters. The van der Waals surface area contributed by atoms with Crippen LogP contribution in [-0.4, -0.2) is 44.8 Å². The first-order chi connectivity index (χ1) is 12.2. The fourth-order valence-corrected chi connectivity index (χ4v) is 3.59. The molecule has 3 rings (SSSR count). The molecular weight excluding hydrogens is 354 g/mol. The number of benzene rings is 1. The molecule has 1 aromatic heterocycles. The number of aromatic nitrogens is 2. The van der Waals surface area contributed by atoms with Crippen LogP contribution in [0.3, 0.4) is 0 Å². The zero-order chi connectivity index (χ0) is 19.1. The molecule has 2 heterocycles. The number of amides is 1. The van der Waals surface area contributed by atoms with Crippen LogP contribution in [0.15, 0.2) is 30.5 Å². The zero-order valence-electron chi connectivity index (χ0n) is 15.1. The molecule has 1 saturated heterocycles. The first-order valence-corrected chi connectivity index (χ1v) is 8.98. The molecule has 6 nitrogen and oxygen atoms in total.